The topological polar surface area (TPSA) is 35.2 Å². The molecule has 78 valence electrons. The van der Waals surface area contributed by atoms with Gasteiger partial charge >= 0.3 is 0 Å². The van der Waals surface area contributed by atoms with E-state index in [0.717, 1.165) is 18.9 Å². The van der Waals surface area contributed by atoms with E-state index in [1.165, 1.54) is 19.3 Å². The van der Waals surface area contributed by atoms with Gasteiger partial charge in [0.25, 0.3) is 0 Å². The van der Waals surface area contributed by atoms with E-state index in [0.29, 0.717) is 5.92 Å². The van der Waals surface area contributed by atoms with E-state index < -0.39 is 0 Å². The van der Waals surface area contributed by atoms with E-state index in [2.05, 4.69) is 13.8 Å². The maximum atomic E-state index is 6.38. The SMILES string of the molecule is COCCC(C)C1(N)CCC(C)C1. The van der Waals surface area contributed by atoms with Crippen molar-refractivity contribution < 1.29 is 4.74 Å². The fourth-order valence-corrected chi connectivity index (χ4v) is 2.40. The Morgan fingerprint density at radius 3 is 2.77 bits per heavy atom. The van der Waals surface area contributed by atoms with Gasteiger partial charge in [-0.05, 0) is 37.5 Å². The summed E-state index contributed by atoms with van der Waals surface area (Å²) in [5.74, 6) is 1.41. The van der Waals surface area contributed by atoms with Crippen molar-refractivity contribution in [3.63, 3.8) is 0 Å². The molecule has 0 saturated heterocycles. The lowest BCUT2D eigenvalue weighted by atomic mass is 9.82. The van der Waals surface area contributed by atoms with Gasteiger partial charge in [0.05, 0.1) is 0 Å². The van der Waals surface area contributed by atoms with Crippen molar-refractivity contribution in [3.8, 4) is 0 Å². The van der Waals surface area contributed by atoms with Crippen LogP contribution in [0.5, 0.6) is 0 Å². The highest BCUT2D eigenvalue weighted by atomic mass is 16.5. The van der Waals surface area contributed by atoms with E-state index in [1.807, 2.05) is 0 Å². The summed E-state index contributed by atoms with van der Waals surface area (Å²) < 4.78 is 5.09. The lowest BCUT2D eigenvalue weighted by Crippen LogP contribution is -2.44. The van der Waals surface area contributed by atoms with Crippen LogP contribution in [0, 0.1) is 11.8 Å². The Kier molecular flexibility index (Phi) is 3.74. The average Bonchev–Trinajstić information content (AvgIpc) is 2.43. The Labute approximate surface area is 81.8 Å². The highest BCUT2D eigenvalue weighted by Gasteiger charge is 2.37. The van der Waals surface area contributed by atoms with Crippen molar-refractivity contribution in [2.75, 3.05) is 13.7 Å². The van der Waals surface area contributed by atoms with E-state index in [9.17, 15) is 0 Å². The number of ether oxygens (including phenoxy) is 1. The van der Waals surface area contributed by atoms with Gasteiger partial charge in [-0.25, -0.2) is 0 Å². The molecule has 0 aromatic rings. The molecule has 0 heterocycles. The molecule has 1 aliphatic carbocycles. The number of hydrogen-bond donors (Lipinski definition) is 1. The van der Waals surface area contributed by atoms with Crippen molar-refractivity contribution in [2.24, 2.45) is 17.6 Å². The Hall–Kier alpha value is -0.0800. The van der Waals surface area contributed by atoms with E-state index >= 15 is 0 Å². The van der Waals surface area contributed by atoms with Gasteiger partial charge in [0.15, 0.2) is 0 Å². The number of rotatable bonds is 4. The second-order valence-electron chi connectivity index (χ2n) is 4.76. The van der Waals surface area contributed by atoms with Crippen LogP contribution in [0.4, 0.5) is 0 Å². The third-order valence-corrected chi connectivity index (χ3v) is 3.57. The summed E-state index contributed by atoms with van der Waals surface area (Å²) in [6, 6.07) is 0. The van der Waals surface area contributed by atoms with Crippen LogP contribution in [-0.4, -0.2) is 19.3 Å². The van der Waals surface area contributed by atoms with Crippen molar-refractivity contribution in [1.29, 1.82) is 0 Å². The Morgan fingerprint density at radius 1 is 1.62 bits per heavy atom. The van der Waals surface area contributed by atoms with Crippen molar-refractivity contribution >= 4 is 0 Å². The summed E-state index contributed by atoms with van der Waals surface area (Å²) in [5, 5.41) is 0. The lowest BCUT2D eigenvalue weighted by molar-refractivity contribution is 0.155. The molecule has 2 N–H and O–H groups in total. The minimum Gasteiger partial charge on any atom is -0.385 e. The fourth-order valence-electron chi connectivity index (χ4n) is 2.40. The van der Waals surface area contributed by atoms with Gasteiger partial charge < -0.3 is 10.5 Å². The summed E-state index contributed by atoms with van der Waals surface area (Å²) in [6.07, 6.45) is 4.78. The molecule has 0 aromatic heterocycles. The lowest BCUT2D eigenvalue weighted by Gasteiger charge is -2.31. The summed E-state index contributed by atoms with van der Waals surface area (Å²) in [7, 11) is 1.76. The molecule has 1 aliphatic rings. The molecule has 3 unspecified atom stereocenters. The van der Waals surface area contributed by atoms with Crippen LogP contribution >= 0.6 is 0 Å². The summed E-state index contributed by atoms with van der Waals surface area (Å²) in [5.41, 5.74) is 6.47. The van der Waals surface area contributed by atoms with Crippen molar-refractivity contribution in [2.45, 2.75) is 45.1 Å². The molecule has 1 rings (SSSR count). The molecular weight excluding hydrogens is 162 g/mol. The first-order chi connectivity index (χ1) is 6.08. The van der Waals surface area contributed by atoms with E-state index in [-0.39, 0.29) is 5.54 Å². The number of hydrogen-bond acceptors (Lipinski definition) is 2. The van der Waals surface area contributed by atoms with Crippen LogP contribution in [0.1, 0.15) is 39.5 Å². The van der Waals surface area contributed by atoms with Crippen LogP contribution in [0.3, 0.4) is 0 Å². The molecule has 0 amide bonds. The second kappa shape index (κ2) is 4.43. The van der Waals surface area contributed by atoms with E-state index in [1.54, 1.807) is 7.11 Å². The van der Waals surface area contributed by atoms with Gasteiger partial charge in [-0.2, -0.15) is 0 Å². The molecule has 2 heteroatoms. The predicted octanol–water partition coefficient (Wildman–Crippen LogP) is 2.18. The maximum Gasteiger partial charge on any atom is 0.0465 e. The van der Waals surface area contributed by atoms with Gasteiger partial charge in [-0.3, -0.25) is 0 Å². The normalized spacial score (nSPS) is 36.5. The third kappa shape index (κ3) is 2.68. The molecule has 1 saturated carbocycles. The summed E-state index contributed by atoms with van der Waals surface area (Å²) in [6.45, 7) is 5.41. The molecule has 0 radical (unpaired) electrons. The minimum atomic E-state index is 0.0952. The number of methoxy groups -OCH3 is 1. The molecule has 0 spiro atoms. The van der Waals surface area contributed by atoms with Crippen LogP contribution in [0.2, 0.25) is 0 Å². The first-order valence-corrected chi connectivity index (χ1v) is 5.36. The van der Waals surface area contributed by atoms with E-state index in [4.69, 9.17) is 10.5 Å². The molecule has 0 aromatic carbocycles. The molecule has 2 nitrogen and oxygen atoms in total. The fraction of sp³-hybridized carbons (Fsp3) is 1.00. The van der Waals surface area contributed by atoms with Crippen molar-refractivity contribution in [1.82, 2.24) is 0 Å². The summed E-state index contributed by atoms with van der Waals surface area (Å²) in [4.78, 5) is 0. The first kappa shape index (κ1) is 11.0. The summed E-state index contributed by atoms with van der Waals surface area (Å²) >= 11 is 0. The second-order valence-corrected chi connectivity index (χ2v) is 4.76. The van der Waals surface area contributed by atoms with Gasteiger partial charge in [0.1, 0.15) is 0 Å². The first-order valence-electron chi connectivity index (χ1n) is 5.36. The zero-order chi connectivity index (χ0) is 9.90. The van der Waals surface area contributed by atoms with Crippen LogP contribution in [0.15, 0.2) is 0 Å². The van der Waals surface area contributed by atoms with Gasteiger partial charge in [0.2, 0.25) is 0 Å². The standard InChI is InChI=1S/C11H23NO/c1-9-4-6-11(12,8-9)10(2)5-7-13-3/h9-10H,4-8,12H2,1-3H3. The largest absolute Gasteiger partial charge is 0.385 e. The highest BCUT2D eigenvalue weighted by Crippen LogP contribution is 2.38. The van der Waals surface area contributed by atoms with Crippen LogP contribution in [-0.2, 0) is 4.74 Å². The Balaban J connectivity index is 2.40. The number of nitrogens with two attached hydrogens (primary N) is 1. The quantitative estimate of drug-likeness (QED) is 0.728. The Morgan fingerprint density at radius 2 is 2.31 bits per heavy atom. The Bertz CT molecular complexity index is 160. The van der Waals surface area contributed by atoms with Gasteiger partial charge in [-0.15, -0.1) is 0 Å². The third-order valence-electron chi connectivity index (χ3n) is 3.57. The zero-order valence-electron chi connectivity index (χ0n) is 9.18. The average molecular weight is 185 g/mol. The monoisotopic (exact) mass is 185 g/mol. The molecule has 0 bridgehead atoms. The highest BCUT2D eigenvalue weighted by molar-refractivity contribution is 4.95. The van der Waals surface area contributed by atoms with Crippen molar-refractivity contribution in [3.05, 3.63) is 0 Å². The van der Waals surface area contributed by atoms with Crippen LogP contribution in [0.25, 0.3) is 0 Å². The predicted molar refractivity (Wildman–Crippen MR) is 55.6 cm³/mol. The van der Waals surface area contributed by atoms with Gasteiger partial charge in [-0.1, -0.05) is 13.8 Å². The minimum absolute atomic E-state index is 0.0952. The molecule has 0 aliphatic heterocycles. The van der Waals surface area contributed by atoms with Crippen LogP contribution < -0.4 is 5.73 Å². The molecule has 1 fully saturated rings. The smallest absolute Gasteiger partial charge is 0.0465 e. The zero-order valence-corrected chi connectivity index (χ0v) is 9.18. The molecule has 13 heavy (non-hydrogen) atoms. The molecular formula is C11H23NO. The van der Waals surface area contributed by atoms with Gasteiger partial charge in [0, 0.05) is 19.3 Å². The maximum absolute atomic E-state index is 6.38. The molecule has 3 atom stereocenters.